The van der Waals surface area contributed by atoms with E-state index in [1.165, 1.54) is 7.11 Å². The Morgan fingerprint density at radius 3 is 2.83 bits per heavy atom. The van der Waals surface area contributed by atoms with E-state index in [1.807, 2.05) is 24.3 Å². The predicted molar refractivity (Wildman–Crippen MR) is 69.5 cm³/mol. The van der Waals surface area contributed by atoms with Gasteiger partial charge in [0.1, 0.15) is 0 Å². The fourth-order valence-electron chi connectivity index (χ4n) is 1.89. The Balaban J connectivity index is 2.34. The fourth-order valence-corrected chi connectivity index (χ4v) is 1.89. The monoisotopic (exact) mass is 245 g/mol. The van der Waals surface area contributed by atoms with E-state index in [2.05, 4.69) is 4.74 Å². The van der Waals surface area contributed by atoms with Crippen LogP contribution in [-0.2, 0) is 23.0 Å². The summed E-state index contributed by atoms with van der Waals surface area (Å²) in [6.07, 6.45) is 2.66. The third-order valence-corrected chi connectivity index (χ3v) is 2.99. The number of methoxy groups -OCH3 is 1. The van der Waals surface area contributed by atoms with Gasteiger partial charge in [-0.05, 0) is 29.5 Å². The molecule has 18 heavy (non-hydrogen) atoms. The number of esters is 1. The molecular formula is C14H15NO3. The summed E-state index contributed by atoms with van der Waals surface area (Å²) in [6.45, 7) is 0. The average molecular weight is 245 g/mol. The van der Waals surface area contributed by atoms with Crippen LogP contribution in [0, 0.1) is 0 Å². The van der Waals surface area contributed by atoms with Crippen LogP contribution in [0.25, 0.3) is 10.8 Å². The highest BCUT2D eigenvalue weighted by molar-refractivity contribution is 5.82. The second kappa shape index (κ2) is 5.04. The maximum Gasteiger partial charge on any atom is 0.305 e. The number of fused-ring (bicyclic) bond motifs is 1. The first-order valence-corrected chi connectivity index (χ1v) is 5.77. The first-order valence-electron chi connectivity index (χ1n) is 5.77. The van der Waals surface area contributed by atoms with E-state index in [0.29, 0.717) is 18.2 Å². The van der Waals surface area contributed by atoms with Gasteiger partial charge >= 0.3 is 5.97 Å². The second-order valence-electron chi connectivity index (χ2n) is 4.23. The number of ether oxygens (including phenoxy) is 1. The molecular weight excluding hydrogens is 230 g/mol. The lowest BCUT2D eigenvalue weighted by Crippen LogP contribution is -2.15. The molecule has 0 aliphatic rings. The maximum absolute atomic E-state index is 11.9. The first kappa shape index (κ1) is 12.4. The summed E-state index contributed by atoms with van der Waals surface area (Å²) in [5.41, 5.74) is 0.948. The lowest BCUT2D eigenvalue weighted by Gasteiger charge is -2.04. The van der Waals surface area contributed by atoms with Gasteiger partial charge in [-0.3, -0.25) is 9.59 Å². The number of carbonyl (C=O) groups excluding carboxylic acids is 1. The molecule has 0 unspecified atom stereocenters. The van der Waals surface area contributed by atoms with E-state index in [9.17, 15) is 9.59 Å². The Morgan fingerprint density at radius 2 is 2.11 bits per heavy atom. The molecule has 4 heteroatoms. The van der Waals surface area contributed by atoms with Crippen molar-refractivity contribution in [2.75, 3.05) is 7.11 Å². The van der Waals surface area contributed by atoms with E-state index in [0.717, 1.165) is 10.9 Å². The molecule has 1 heterocycles. The fraction of sp³-hybridized carbons (Fsp3) is 0.286. The number of benzene rings is 1. The van der Waals surface area contributed by atoms with Crippen LogP contribution in [0.2, 0.25) is 0 Å². The molecule has 0 aliphatic heterocycles. The zero-order valence-corrected chi connectivity index (χ0v) is 10.5. The van der Waals surface area contributed by atoms with Crippen molar-refractivity contribution >= 4 is 16.7 Å². The molecule has 0 amide bonds. The number of aromatic nitrogens is 1. The summed E-state index contributed by atoms with van der Waals surface area (Å²) in [7, 11) is 3.10. The molecule has 94 valence electrons. The third-order valence-electron chi connectivity index (χ3n) is 2.99. The van der Waals surface area contributed by atoms with Crippen molar-refractivity contribution in [3.63, 3.8) is 0 Å². The molecule has 0 fully saturated rings. The van der Waals surface area contributed by atoms with Crippen molar-refractivity contribution in [1.82, 2.24) is 4.57 Å². The summed E-state index contributed by atoms with van der Waals surface area (Å²) in [5, 5.41) is 1.60. The van der Waals surface area contributed by atoms with Crippen LogP contribution in [0.3, 0.4) is 0 Å². The van der Waals surface area contributed by atoms with Crippen molar-refractivity contribution < 1.29 is 9.53 Å². The average Bonchev–Trinajstić information content (AvgIpc) is 2.40. The van der Waals surface area contributed by atoms with Crippen molar-refractivity contribution in [1.29, 1.82) is 0 Å². The van der Waals surface area contributed by atoms with Gasteiger partial charge in [0.2, 0.25) is 0 Å². The highest BCUT2D eigenvalue weighted by atomic mass is 16.5. The first-order chi connectivity index (χ1) is 8.61. The van der Waals surface area contributed by atoms with Crippen LogP contribution >= 0.6 is 0 Å². The summed E-state index contributed by atoms with van der Waals surface area (Å²) < 4.78 is 6.15. The normalized spacial score (nSPS) is 10.6. The molecule has 0 bridgehead atoms. The van der Waals surface area contributed by atoms with Crippen LogP contribution in [0.1, 0.15) is 12.0 Å². The lowest BCUT2D eigenvalue weighted by atomic mass is 10.1. The molecule has 0 saturated heterocycles. The molecule has 1 aromatic heterocycles. The van der Waals surface area contributed by atoms with Gasteiger partial charge in [0.05, 0.1) is 7.11 Å². The summed E-state index contributed by atoms with van der Waals surface area (Å²) in [5.74, 6) is -0.240. The topological polar surface area (TPSA) is 48.3 Å². The number of pyridine rings is 1. The van der Waals surface area contributed by atoms with Gasteiger partial charge in [-0.2, -0.15) is 0 Å². The number of nitrogens with zero attached hydrogens (tertiary/aromatic N) is 1. The van der Waals surface area contributed by atoms with Crippen LogP contribution in [0.4, 0.5) is 0 Å². The Labute approximate surface area is 105 Å². The predicted octanol–water partition coefficient (Wildman–Crippen LogP) is 1.64. The number of aryl methyl sites for hydroxylation is 2. The highest BCUT2D eigenvalue weighted by Gasteiger charge is 2.04. The van der Waals surface area contributed by atoms with Gasteiger partial charge in [-0.1, -0.05) is 12.1 Å². The molecule has 0 aliphatic carbocycles. The highest BCUT2D eigenvalue weighted by Crippen LogP contribution is 2.13. The molecule has 0 spiro atoms. The zero-order valence-electron chi connectivity index (χ0n) is 10.5. The van der Waals surface area contributed by atoms with E-state index in [-0.39, 0.29) is 11.5 Å². The Hall–Kier alpha value is -2.10. The smallest absolute Gasteiger partial charge is 0.305 e. The second-order valence-corrected chi connectivity index (χ2v) is 4.23. The van der Waals surface area contributed by atoms with Crippen molar-refractivity contribution in [2.24, 2.45) is 7.05 Å². The van der Waals surface area contributed by atoms with Crippen LogP contribution in [0.15, 0.2) is 35.3 Å². The zero-order chi connectivity index (χ0) is 13.1. The molecule has 0 saturated carbocycles. The summed E-state index contributed by atoms with van der Waals surface area (Å²) >= 11 is 0. The minimum atomic E-state index is -0.240. The molecule has 2 rings (SSSR count). The van der Waals surface area contributed by atoms with E-state index in [4.69, 9.17) is 0 Å². The molecule has 0 atom stereocenters. The van der Waals surface area contributed by atoms with Crippen molar-refractivity contribution in [3.8, 4) is 0 Å². The Kier molecular flexibility index (Phi) is 3.46. The van der Waals surface area contributed by atoms with E-state index < -0.39 is 0 Å². The molecule has 2 aromatic rings. The summed E-state index contributed by atoms with van der Waals surface area (Å²) in [4.78, 5) is 23.0. The van der Waals surface area contributed by atoms with E-state index >= 15 is 0 Å². The minimum Gasteiger partial charge on any atom is -0.469 e. The van der Waals surface area contributed by atoms with Crippen LogP contribution in [0.5, 0.6) is 0 Å². The quantitative estimate of drug-likeness (QED) is 0.772. The van der Waals surface area contributed by atoms with Gasteiger partial charge in [-0.25, -0.2) is 0 Å². The minimum absolute atomic E-state index is 0.0209. The number of rotatable bonds is 3. The lowest BCUT2D eigenvalue weighted by molar-refractivity contribution is -0.140. The Bertz CT molecular complexity index is 643. The molecule has 0 N–H and O–H groups in total. The molecule has 1 aromatic carbocycles. The number of carbonyl (C=O) groups is 1. The Morgan fingerprint density at radius 1 is 1.33 bits per heavy atom. The van der Waals surface area contributed by atoms with E-state index in [1.54, 1.807) is 17.8 Å². The number of hydrogen-bond donors (Lipinski definition) is 0. The van der Waals surface area contributed by atoms with Crippen molar-refractivity contribution in [2.45, 2.75) is 12.8 Å². The van der Waals surface area contributed by atoms with Crippen LogP contribution < -0.4 is 5.56 Å². The van der Waals surface area contributed by atoms with Gasteiger partial charge in [0, 0.05) is 25.1 Å². The SMILES string of the molecule is COC(=O)CCc1ccc2ccn(C)c(=O)c2c1. The molecule has 0 radical (unpaired) electrons. The number of hydrogen-bond acceptors (Lipinski definition) is 3. The third kappa shape index (κ3) is 2.42. The van der Waals surface area contributed by atoms with Gasteiger partial charge in [0.25, 0.3) is 5.56 Å². The van der Waals surface area contributed by atoms with Gasteiger partial charge in [0.15, 0.2) is 0 Å². The standard InChI is InChI=1S/C14H15NO3/c1-15-8-7-11-5-3-10(4-6-13(16)18-2)9-12(11)14(15)17/h3,5,7-9H,4,6H2,1-2H3. The van der Waals surface area contributed by atoms with Gasteiger partial charge < -0.3 is 9.30 Å². The van der Waals surface area contributed by atoms with Crippen LogP contribution in [-0.4, -0.2) is 17.6 Å². The molecule has 4 nitrogen and oxygen atoms in total. The summed E-state index contributed by atoms with van der Waals surface area (Å²) in [6, 6.07) is 7.59. The van der Waals surface area contributed by atoms with Gasteiger partial charge in [-0.15, -0.1) is 0 Å². The van der Waals surface area contributed by atoms with Crippen molar-refractivity contribution in [3.05, 3.63) is 46.4 Å². The maximum atomic E-state index is 11.9. The largest absolute Gasteiger partial charge is 0.469 e.